The Kier molecular flexibility index (Phi) is 8.07. The van der Waals surface area contributed by atoms with E-state index < -0.39 is 0 Å². The summed E-state index contributed by atoms with van der Waals surface area (Å²) >= 11 is 0. The lowest BCUT2D eigenvalue weighted by molar-refractivity contribution is -0.130. The van der Waals surface area contributed by atoms with Crippen molar-refractivity contribution in [3.05, 3.63) is 17.5 Å². The predicted octanol–water partition coefficient (Wildman–Crippen LogP) is 2.75. The molecular weight excluding hydrogens is 350 g/mol. The number of likely N-dealkylation sites (N-methyl/N-ethyl adjacent to an activating group) is 2. The van der Waals surface area contributed by atoms with E-state index in [1.165, 1.54) is 11.3 Å². The van der Waals surface area contributed by atoms with Crippen molar-refractivity contribution in [3.63, 3.8) is 0 Å². The van der Waals surface area contributed by atoms with Crippen molar-refractivity contribution in [3.8, 4) is 0 Å². The van der Waals surface area contributed by atoms with Crippen molar-refractivity contribution >= 4 is 5.91 Å². The standard InChI is InChI=1S/C22H41N5O/c1-16(2)13-24-21(28)19-12-17(8-9-22(19,3)4)20-18(15-27(7)25-20)14-26(6)11-10-23-5/h15-17,19,23H,8-14H2,1-7H3,(H,24,28)/t17?,19-/m1/s1. The van der Waals surface area contributed by atoms with Gasteiger partial charge < -0.3 is 15.5 Å². The van der Waals surface area contributed by atoms with Crippen molar-refractivity contribution in [1.82, 2.24) is 25.3 Å². The highest BCUT2D eigenvalue weighted by Crippen LogP contribution is 2.47. The van der Waals surface area contributed by atoms with Crippen molar-refractivity contribution in [2.45, 2.75) is 59.4 Å². The Hall–Kier alpha value is -1.40. The zero-order chi connectivity index (χ0) is 20.9. The number of aromatic nitrogens is 2. The molecule has 0 aromatic carbocycles. The van der Waals surface area contributed by atoms with E-state index in [2.05, 4.69) is 56.5 Å². The van der Waals surface area contributed by atoms with E-state index in [1.54, 1.807) is 0 Å². The lowest BCUT2D eigenvalue weighted by Crippen LogP contribution is -2.43. The fourth-order valence-electron chi connectivity index (χ4n) is 4.27. The molecule has 1 aliphatic rings. The van der Waals surface area contributed by atoms with Gasteiger partial charge in [0, 0.05) is 56.8 Å². The van der Waals surface area contributed by atoms with Gasteiger partial charge in [-0.2, -0.15) is 5.10 Å². The fourth-order valence-corrected chi connectivity index (χ4v) is 4.27. The minimum absolute atomic E-state index is 0.0378. The van der Waals surface area contributed by atoms with E-state index in [0.29, 0.717) is 11.8 Å². The van der Waals surface area contributed by atoms with Crippen LogP contribution in [0.2, 0.25) is 0 Å². The van der Waals surface area contributed by atoms with Crippen LogP contribution in [-0.2, 0) is 18.4 Å². The van der Waals surface area contributed by atoms with Crippen LogP contribution in [-0.4, -0.2) is 54.3 Å². The first-order chi connectivity index (χ1) is 13.1. The molecule has 1 saturated carbocycles. The van der Waals surface area contributed by atoms with Crippen LogP contribution >= 0.6 is 0 Å². The van der Waals surface area contributed by atoms with Crippen LogP contribution in [0.4, 0.5) is 0 Å². The molecule has 1 unspecified atom stereocenters. The highest BCUT2D eigenvalue weighted by atomic mass is 16.1. The summed E-state index contributed by atoms with van der Waals surface area (Å²) in [5, 5.41) is 11.2. The highest BCUT2D eigenvalue weighted by Gasteiger charge is 2.42. The summed E-state index contributed by atoms with van der Waals surface area (Å²) in [5.74, 6) is 1.09. The summed E-state index contributed by atoms with van der Waals surface area (Å²) < 4.78 is 1.93. The van der Waals surface area contributed by atoms with Gasteiger partial charge in [-0.25, -0.2) is 0 Å². The third-order valence-electron chi connectivity index (χ3n) is 6.11. The van der Waals surface area contributed by atoms with Gasteiger partial charge in [0.25, 0.3) is 0 Å². The SMILES string of the molecule is CNCCN(C)Cc1cn(C)nc1C1CCC(C)(C)[C@@H](C(=O)NCC(C)C)C1. The van der Waals surface area contributed by atoms with Crippen LogP contribution in [0.1, 0.15) is 64.1 Å². The van der Waals surface area contributed by atoms with Crippen LogP contribution in [0.5, 0.6) is 0 Å². The van der Waals surface area contributed by atoms with E-state index in [1.807, 2.05) is 18.8 Å². The van der Waals surface area contributed by atoms with Crippen LogP contribution < -0.4 is 10.6 Å². The Balaban J connectivity index is 2.13. The molecule has 160 valence electrons. The second kappa shape index (κ2) is 9.88. The molecule has 2 N–H and O–H groups in total. The van der Waals surface area contributed by atoms with Gasteiger partial charge >= 0.3 is 0 Å². The lowest BCUT2D eigenvalue weighted by Gasteiger charge is -2.41. The van der Waals surface area contributed by atoms with Crippen LogP contribution in [0, 0.1) is 17.3 Å². The molecule has 1 aromatic heterocycles. The van der Waals surface area contributed by atoms with Crippen LogP contribution in [0.25, 0.3) is 0 Å². The van der Waals surface area contributed by atoms with Gasteiger partial charge in [-0.3, -0.25) is 9.48 Å². The second-order valence-electron chi connectivity index (χ2n) is 9.71. The molecule has 28 heavy (non-hydrogen) atoms. The van der Waals surface area contributed by atoms with Crippen molar-refractivity contribution < 1.29 is 4.79 Å². The van der Waals surface area contributed by atoms with Gasteiger partial charge in [0.05, 0.1) is 5.69 Å². The number of amides is 1. The quantitative estimate of drug-likeness (QED) is 0.679. The van der Waals surface area contributed by atoms with Gasteiger partial charge in [-0.1, -0.05) is 27.7 Å². The summed E-state index contributed by atoms with van der Waals surface area (Å²) in [7, 11) is 6.14. The monoisotopic (exact) mass is 391 g/mol. The molecule has 0 spiro atoms. The van der Waals surface area contributed by atoms with Gasteiger partial charge in [0.15, 0.2) is 0 Å². The molecule has 0 bridgehead atoms. The maximum atomic E-state index is 12.9. The van der Waals surface area contributed by atoms with Crippen LogP contribution in [0.15, 0.2) is 6.20 Å². The lowest BCUT2D eigenvalue weighted by atomic mass is 9.64. The number of nitrogens with zero attached hydrogens (tertiary/aromatic N) is 3. The van der Waals surface area contributed by atoms with Crippen molar-refractivity contribution in [2.24, 2.45) is 24.3 Å². The number of nitrogens with one attached hydrogen (secondary N) is 2. The van der Waals surface area contributed by atoms with Crippen LogP contribution in [0.3, 0.4) is 0 Å². The minimum Gasteiger partial charge on any atom is -0.356 e. The number of carbonyl (C=O) groups is 1. The van der Waals surface area contributed by atoms with Crippen molar-refractivity contribution in [2.75, 3.05) is 33.7 Å². The molecule has 0 saturated heterocycles. The maximum absolute atomic E-state index is 12.9. The summed E-state index contributed by atoms with van der Waals surface area (Å²) in [6, 6.07) is 0. The van der Waals surface area contributed by atoms with Gasteiger partial charge in [0.2, 0.25) is 5.91 Å². The largest absolute Gasteiger partial charge is 0.356 e. The number of carbonyl (C=O) groups excluding carboxylic acids is 1. The number of aryl methyl sites for hydroxylation is 1. The molecule has 0 aliphatic heterocycles. The van der Waals surface area contributed by atoms with E-state index in [-0.39, 0.29) is 17.2 Å². The molecule has 1 aliphatic carbocycles. The average Bonchev–Trinajstić information content (AvgIpc) is 2.97. The molecule has 2 rings (SSSR count). The molecule has 1 fully saturated rings. The maximum Gasteiger partial charge on any atom is 0.223 e. The smallest absolute Gasteiger partial charge is 0.223 e. The summed E-state index contributed by atoms with van der Waals surface area (Å²) in [6.07, 6.45) is 5.20. The minimum atomic E-state index is 0.0378. The van der Waals surface area contributed by atoms with E-state index in [4.69, 9.17) is 5.10 Å². The van der Waals surface area contributed by atoms with Gasteiger partial charge in [-0.05, 0) is 44.7 Å². The first-order valence-corrected chi connectivity index (χ1v) is 10.8. The van der Waals surface area contributed by atoms with Crippen molar-refractivity contribution in [1.29, 1.82) is 0 Å². The second-order valence-corrected chi connectivity index (χ2v) is 9.71. The highest BCUT2D eigenvalue weighted by molar-refractivity contribution is 5.79. The summed E-state index contributed by atoms with van der Waals surface area (Å²) in [5.41, 5.74) is 2.53. The topological polar surface area (TPSA) is 62.2 Å². The van der Waals surface area contributed by atoms with E-state index >= 15 is 0 Å². The molecular formula is C22H41N5O. The number of rotatable bonds is 9. The Labute approximate surface area is 171 Å². The first kappa shape index (κ1) is 22.9. The Morgan fingerprint density at radius 3 is 2.79 bits per heavy atom. The Morgan fingerprint density at radius 2 is 2.14 bits per heavy atom. The zero-order valence-electron chi connectivity index (χ0n) is 19.0. The molecule has 6 heteroatoms. The Morgan fingerprint density at radius 1 is 1.43 bits per heavy atom. The molecule has 0 radical (unpaired) electrons. The molecule has 1 heterocycles. The summed E-state index contributed by atoms with van der Waals surface area (Å²) in [6.45, 7) is 12.4. The van der Waals surface area contributed by atoms with Gasteiger partial charge in [-0.15, -0.1) is 0 Å². The average molecular weight is 392 g/mol. The first-order valence-electron chi connectivity index (χ1n) is 10.8. The third kappa shape index (κ3) is 6.05. The molecule has 2 atom stereocenters. The van der Waals surface area contributed by atoms with E-state index in [9.17, 15) is 4.79 Å². The molecule has 1 amide bonds. The Bertz CT molecular complexity index is 637. The molecule has 6 nitrogen and oxygen atoms in total. The third-order valence-corrected chi connectivity index (χ3v) is 6.11. The normalized spacial score (nSPS) is 22.0. The summed E-state index contributed by atoms with van der Waals surface area (Å²) in [4.78, 5) is 15.3. The molecule has 1 aromatic rings. The van der Waals surface area contributed by atoms with Gasteiger partial charge in [0.1, 0.15) is 0 Å². The number of hydrogen-bond donors (Lipinski definition) is 2. The predicted molar refractivity (Wildman–Crippen MR) is 115 cm³/mol. The number of hydrogen-bond acceptors (Lipinski definition) is 4. The van der Waals surface area contributed by atoms with E-state index in [0.717, 1.165) is 45.4 Å². The zero-order valence-corrected chi connectivity index (χ0v) is 19.0. The fraction of sp³-hybridized carbons (Fsp3) is 0.818.